The number of likely N-dealkylation sites (N-methyl/N-ethyl adjacent to an activating group) is 1. The predicted molar refractivity (Wildman–Crippen MR) is 75.2 cm³/mol. The van der Waals surface area contributed by atoms with Gasteiger partial charge in [0.25, 0.3) is 0 Å². The fourth-order valence-electron chi connectivity index (χ4n) is 2.47. The first kappa shape index (κ1) is 13.9. The van der Waals surface area contributed by atoms with Crippen LogP contribution in [0.25, 0.3) is 0 Å². The molecule has 4 nitrogen and oxygen atoms in total. The Morgan fingerprint density at radius 1 is 1.32 bits per heavy atom. The molecule has 1 unspecified atom stereocenters. The molecule has 1 aliphatic rings. The average Bonchev–Trinajstić information content (AvgIpc) is 2.47. The summed E-state index contributed by atoms with van der Waals surface area (Å²) < 4.78 is 5.16. The number of hydrogen-bond donors (Lipinski definition) is 1. The number of nitrogens with zero attached hydrogens (tertiary/aromatic N) is 1. The monoisotopic (exact) mass is 262 g/mol. The first-order valence-electron chi connectivity index (χ1n) is 6.83. The first-order valence-corrected chi connectivity index (χ1v) is 6.83. The summed E-state index contributed by atoms with van der Waals surface area (Å²) in [6.45, 7) is 1.62. The normalized spacial score (nSPS) is 17.4. The third-order valence-corrected chi connectivity index (χ3v) is 3.69. The Balaban J connectivity index is 2.04. The van der Waals surface area contributed by atoms with Crippen LogP contribution in [0.2, 0.25) is 0 Å². The van der Waals surface area contributed by atoms with Crippen molar-refractivity contribution in [2.75, 3.05) is 27.2 Å². The molecule has 0 radical (unpaired) electrons. The van der Waals surface area contributed by atoms with Crippen molar-refractivity contribution < 1.29 is 9.53 Å². The Bertz CT molecular complexity index is 417. The summed E-state index contributed by atoms with van der Waals surface area (Å²) in [4.78, 5) is 13.8. The lowest BCUT2D eigenvalue weighted by atomic mass is 10.0. The molecule has 104 valence electrons. The Morgan fingerprint density at radius 2 is 2.05 bits per heavy atom. The lowest BCUT2D eigenvalue weighted by Crippen LogP contribution is -2.40. The first-order chi connectivity index (χ1) is 9.24. The number of benzene rings is 1. The molecule has 1 saturated heterocycles. The Morgan fingerprint density at radius 3 is 2.63 bits per heavy atom. The van der Waals surface area contributed by atoms with Crippen LogP contribution in [0.4, 0.5) is 0 Å². The molecule has 1 aromatic rings. The van der Waals surface area contributed by atoms with Crippen LogP contribution in [0.3, 0.4) is 0 Å². The number of methoxy groups -OCH3 is 1. The zero-order chi connectivity index (χ0) is 13.7. The van der Waals surface area contributed by atoms with Gasteiger partial charge in [-0.2, -0.15) is 0 Å². The van der Waals surface area contributed by atoms with E-state index in [9.17, 15) is 4.79 Å². The lowest BCUT2D eigenvalue weighted by molar-refractivity contribution is -0.133. The second-order valence-electron chi connectivity index (χ2n) is 4.91. The van der Waals surface area contributed by atoms with E-state index in [0.29, 0.717) is 6.42 Å². The van der Waals surface area contributed by atoms with Crippen molar-refractivity contribution in [1.29, 1.82) is 0 Å². The summed E-state index contributed by atoms with van der Waals surface area (Å²) >= 11 is 0. The third kappa shape index (κ3) is 3.47. The fraction of sp³-hybridized carbons (Fsp3) is 0.533. The van der Waals surface area contributed by atoms with Crippen LogP contribution in [-0.2, 0) is 4.79 Å². The minimum absolute atomic E-state index is 0.174. The summed E-state index contributed by atoms with van der Waals surface area (Å²) in [5.41, 5.74) is 1.18. The van der Waals surface area contributed by atoms with Gasteiger partial charge in [-0.05, 0) is 37.6 Å². The van der Waals surface area contributed by atoms with Crippen LogP contribution < -0.4 is 10.1 Å². The van der Waals surface area contributed by atoms with E-state index < -0.39 is 0 Å². The number of carbonyl (C=O) groups is 1. The van der Waals surface area contributed by atoms with Crippen LogP contribution in [-0.4, -0.2) is 38.1 Å². The van der Waals surface area contributed by atoms with Gasteiger partial charge in [0.05, 0.1) is 7.11 Å². The van der Waals surface area contributed by atoms with Crippen molar-refractivity contribution in [3.63, 3.8) is 0 Å². The van der Waals surface area contributed by atoms with Gasteiger partial charge in [0, 0.05) is 25.6 Å². The van der Waals surface area contributed by atoms with E-state index in [2.05, 4.69) is 17.4 Å². The number of nitrogens with one attached hydrogen (secondary N) is 1. The molecule has 0 spiro atoms. The highest BCUT2D eigenvalue weighted by atomic mass is 16.5. The quantitative estimate of drug-likeness (QED) is 0.882. The van der Waals surface area contributed by atoms with Crippen LogP contribution in [0, 0.1) is 0 Å². The third-order valence-electron chi connectivity index (χ3n) is 3.69. The molecule has 1 fully saturated rings. The van der Waals surface area contributed by atoms with Gasteiger partial charge >= 0.3 is 0 Å². The van der Waals surface area contributed by atoms with E-state index in [4.69, 9.17) is 4.74 Å². The van der Waals surface area contributed by atoms with E-state index in [1.54, 1.807) is 7.11 Å². The summed E-state index contributed by atoms with van der Waals surface area (Å²) in [5, 5.41) is 3.29. The Hall–Kier alpha value is -1.55. The molecule has 1 atom stereocenters. The second kappa shape index (κ2) is 6.57. The topological polar surface area (TPSA) is 41.6 Å². The molecule has 1 aliphatic heterocycles. The molecular weight excluding hydrogens is 240 g/mol. The molecule has 0 aliphatic carbocycles. The van der Waals surface area contributed by atoms with E-state index in [1.165, 1.54) is 5.56 Å². The number of rotatable bonds is 5. The maximum atomic E-state index is 11.9. The van der Waals surface area contributed by atoms with Crippen LogP contribution in [0.1, 0.15) is 30.9 Å². The van der Waals surface area contributed by atoms with E-state index in [-0.39, 0.29) is 11.9 Å². The van der Waals surface area contributed by atoms with Crippen molar-refractivity contribution in [3.8, 4) is 5.75 Å². The van der Waals surface area contributed by atoms with E-state index in [0.717, 1.165) is 31.7 Å². The number of carbonyl (C=O) groups excluding carboxylic acids is 1. The molecular formula is C15H22N2O2. The van der Waals surface area contributed by atoms with Gasteiger partial charge in [-0.15, -0.1) is 0 Å². The largest absolute Gasteiger partial charge is 0.497 e. The predicted octanol–water partition coefficient (Wildman–Crippen LogP) is 1.97. The molecule has 2 rings (SSSR count). The molecule has 0 bridgehead atoms. The zero-order valence-electron chi connectivity index (χ0n) is 11.7. The van der Waals surface area contributed by atoms with Crippen LogP contribution in [0.5, 0.6) is 5.75 Å². The van der Waals surface area contributed by atoms with Crippen molar-refractivity contribution >= 4 is 5.91 Å². The fourth-order valence-corrected chi connectivity index (χ4v) is 2.47. The number of piperidine rings is 1. The van der Waals surface area contributed by atoms with E-state index in [1.807, 2.05) is 24.1 Å². The standard InChI is InChI=1S/C15H22N2O2/c1-16-14(11-17-10-4-3-5-15(17)18)12-6-8-13(19-2)9-7-12/h6-9,14,16H,3-5,10-11H2,1-2H3. The van der Waals surface area contributed by atoms with Crippen molar-refractivity contribution in [2.24, 2.45) is 0 Å². The van der Waals surface area contributed by atoms with Gasteiger partial charge in [-0.3, -0.25) is 4.79 Å². The number of hydrogen-bond acceptors (Lipinski definition) is 3. The average molecular weight is 262 g/mol. The maximum Gasteiger partial charge on any atom is 0.222 e. The number of amides is 1. The van der Waals surface area contributed by atoms with Gasteiger partial charge in [0.2, 0.25) is 5.91 Å². The van der Waals surface area contributed by atoms with Gasteiger partial charge in [0.1, 0.15) is 5.75 Å². The second-order valence-corrected chi connectivity index (χ2v) is 4.91. The minimum atomic E-state index is 0.174. The molecule has 4 heteroatoms. The van der Waals surface area contributed by atoms with Gasteiger partial charge < -0.3 is 15.0 Å². The number of ether oxygens (including phenoxy) is 1. The van der Waals surface area contributed by atoms with Crippen LogP contribution in [0.15, 0.2) is 24.3 Å². The highest BCUT2D eigenvalue weighted by Gasteiger charge is 2.21. The molecule has 0 aromatic heterocycles. The Kier molecular flexibility index (Phi) is 4.80. The minimum Gasteiger partial charge on any atom is -0.497 e. The molecule has 1 heterocycles. The smallest absolute Gasteiger partial charge is 0.222 e. The highest BCUT2D eigenvalue weighted by molar-refractivity contribution is 5.76. The van der Waals surface area contributed by atoms with Crippen molar-refractivity contribution in [3.05, 3.63) is 29.8 Å². The molecule has 1 amide bonds. The Labute approximate surface area is 114 Å². The summed E-state index contributed by atoms with van der Waals surface area (Å²) in [6.07, 6.45) is 2.84. The zero-order valence-corrected chi connectivity index (χ0v) is 11.7. The van der Waals surface area contributed by atoms with Crippen LogP contribution >= 0.6 is 0 Å². The summed E-state index contributed by atoms with van der Waals surface area (Å²) in [6, 6.07) is 8.19. The molecule has 1 N–H and O–H groups in total. The molecule has 19 heavy (non-hydrogen) atoms. The van der Waals surface area contributed by atoms with E-state index >= 15 is 0 Å². The van der Waals surface area contributed by atoms with Crippen molar-refractivity contribution in [2.45, 2.75) is 25.3 Å². The SMILES string of the molecule is CNC(CN1CCCCC1=O)c1ccc(OC)cc1. The maximum absolute atomic E-state index is 11.9. The lowest BCUT2D eigenvalue weighted by Gasteiger charge is -2.30. The molecule has 1 aromatic carbocycles. The highest BCUT2D eigenvalue weighted by Crippen LogP contribution is 2.20. The summed E-state index contributed by atoms with van der Waals surface area (Å²) in [5.74, 6) is 1.13. The number of likely N-dealkylation sites (tertiary alicyclic amines) is 1. The van der Waals surface area contributed by atoms with Gasteiger partial charge in [-0.1, -0.05) is 12.1 Å². The molecule has 0 saturated carbocycles. The van der Waals surface area contributed by atoms with Crippen molar-refractivity contribution in [1.82, 2.24) is 10.2 Å². The van der Waals surface area contributed by atoms with Gasteiger partial charge in [-0.25, -0.2) is 0 Å². The van der Waals surface area contributed by atoms with Gasteiger partial charge in [0.15, 0.2) is 0 Å². The summed E-state index contributed by atoms with van der Waals surface area (Å²) in [7, 11) is 3.60.